The first-order chi connectivity index (χ1) is 9.40. The largest absolute Gasteiger partial charge is 0.456 e. The Labute approximate surface area is 113 Å². The monoisotopic (exact) mass is 292 g/mol. The summed E-state index contributed by atoms with van der Waals surface area (Å²) in [5, 5.41) is 6.80. The number of nitrogens with zero attached hydrogens (tertiary/aromatic N) is 4. The highest BCUT2D eigenvalue weighted by atomic mass is 19.4. The number of aromatic nitrogens is 3. The summed E-state index contributed by atoms with van der Waals surface area (Å²) in [6.45, 7) is 5.27. The molecule has 112 valence electrons. The minimum Gasteiger partial charge on any atom is -0.374 e. The fraction of sp³-hybridized carbons (Fsp3) is 0.727. The Morgan fingerprint density at radius 1 is 1.55 bits per heavy atom. The average Bonchev–Trinajstić information content (AvgIpc) is 2.85. The van der Waals surface area contributed by atoms with Gasteiger partial charge in [0, 0.05) is 13.1 Å². The average molecular weight is 292 g/mol. The number of alkyl halides is 3. The number of halogens is 3. The van der Waals surface area contributed by atoms with Crippen LogP contribution in [0.15, 0.2) is 6.20 Å². The zero-order valence-corrected chi connectivity index (χ0v) is 10.9. The van der Waals surface area contributed by atoms with E-state index in [2.05, 4.69) is 15.2 Å². The van der Waals surface area contributed by atoms with Gasteiger partial charge in [0.15, 0.2) is 5.69 Å². The number of morpholine rings is 1. The first kappa shape index (κ1) is 14.9. The van der Waals surface area contributed by atoms with Gasteiger partial charge in [-0.05, 0) is 6.54 Å². The molecule has 1 aromatic rings. The lowest BCUT2D eigenvalue weighted by Gasteiger charge is -2.31. The zero-order valence-electron chi connectivity index (χ0n) is 10.9. The molecule has 1 unspecified atom stereocenters. The molecule has 6 nitrogen and oxygen atoms in total. The second kappa shape index (κ2) is 5.88. The van der Waals surface area contributed by atoms with E-state index in [-0.39, 0.29) is 12.6 Å². The summed E-state index contributed by atoms with van der Waals surface area (Å²) < 4.78 is 43.5. The maximum atomic E-state index is 12.2. The molecule has 0 saturated carbocycles. The summed E-state index contributed by atoms with van der Waals surface area (Å²) in [7, 11) is 0. The third-order valence-corrected chi connectivity index (χ3v) is 3.09. The van der Waals surface area contributed by atoms with Crippen molar-refractivity contribution in [1.82, 2.24) is 19.9 Å². The van der Waals surface area contributed by atoms with Crippen LogP contribution in [-0.4, -0.2) is 64.2 Å². The first-order valence-electron chi connectivity index (χ1n) is 6.25. The Balaban J connectivity index is 1.98. The van der Waals surface area contributed by atoms with Crippen molar-refractivity contribution in [3.63, 3.8) is 0 Å². The van der Waals surface area contributed by atoms with E-state index in [1.165, 1.54) is 4.68 Å². The normalized spacial score (nSPS) is 21.1. The molecule has 2 rings (SSSR count). The van der Waals surface area contributed by atoms with E-state index in [1.54, 1.807) is 0 Å². The molecule has 1 aromatic heterocycles. The predicted molar refractivity (Wildman–Crippen MR) is 62.3 cm³/mol. The highest BCUT2D eigenvalue weighted by molar-refractivity contribution is 5.98. The van der Waals surface area contributed by atoms with Crippen molar-refractivity contribution in [3.05, 3.63) is 11.9 Å². The van der Waals surface area contributed by atoms with E-state index in [9.17, 15) is 18.0 Å². The minimum absolute atomic E-state index is 0.167. The molecule has 0 N–H and O–H groups in total. The van der Waals surface area contributed by atoms with Gasteiger partial charge in [0.2, 0.25) is 0 Å². The van der Waals surface area contributed by atoms with Crippen LogP contribution >= 0.6 is 0 Å². The molecular weight excluding hydrogens is 277 g/mol. The molecule has 1 aliphatic rings. The van der Waals surface area contributed by atoms with Crippen molar-refractivity contribution in [2.75, 3.05) is 26.2 Å². The molecule has 0 bridgehead atoms. The summed E-state index contributed by atoms with van der Waals surface area (Å²) in [6.07, 6.45) is -4.09. The Morgan fingerprint density at radius 3 is 2.95 bits per heavy atom. The molecule has 0 radical (unpaired) electrons. The van der Waals surface area contributed by atoms with Crippen molar-refractivity contribution >= 4 is 5.78 Å². The van der Waals surface area contributed by atoms with Gasteiger partial charge in [-0.1, -0.05) is 12.1 Å². The second-order valence-electron chi connectivity index (χ2n) is 4.54. The minimum atomic E-state index is -4.93. The van der Waals surface area contributed by atoms with Gasteiger partial charge < -0.3 is 4.74 Å². The predicted octanol–water partition coefficient (Wildman–Crippen LogP) is 0.744. The van der Waals surface area contributed by atoms with Gasteiger partial charge in [-0.15, -0.1) is 5.10 Å². The standard InChI is InChI=1S/C11H15F3N4O2/c1-2-17-3-4-20-8(5-17)6-18-7-9(15-16-18)10(19)11(12,13)14/h7-8H,2-6H2,1H3. The fourth-order valence-corrected chi connectivity index (χ4v) is 2.02. The lowest BCUT2D eigenvalue weighted by molar-refractivity contribution is -0.0888. The van der Waals surface area contributed by atoms with Crippen molar-refractivity contribution in [1.29, 1.82) is 0 Å². The Bertz CT molecular complexity index is 474. The van der Waals surface area contributed by atoms with Gasteiger partial charge in [-0.25, -0.2) is 4.68 Å². The highest BCUT2D eigenvalue weighted by Gasteiger charge is 2.41. The van der Waals surface area contributed by atoms with Gasteiger partial charge in [-0.2, -0.15) is 13.2 Å². The molecule has 1 saturated heterocycles. The number of likely N-dealkylation sites (N-methyl/N-ethyl adjacent to an activating group) is 1. The van der Waals surface area contributed by atoms with Crippen LogP contribution in [-0.2, 0) is 11.3 Å². The molecule has 1 atom stereocenters. The smallest absolute Gasteiger partial charge is 0.374 e. The number of ether oxygens (including phenoxy) is 1. The van der Waals surface area contributed by atoms with Gasteiger partial charge in [0.25, 0.3) is 5.78 Å². The number of carbonyl (C=O) groups excluding carboxylic acids is 1. The number of ketones is 1. The number of rotatable bonds is 4. The Hall–Kier alpha value is -1.48. The quantitative estimate of drug-likeness (QED) is 0.766. The van der Waals surface area contributed by atoms with Crippen LogP contribution in [0.5, 0.6) is 0 Å². The summed E-state index contributed by atoms with van der Waals surface area (Å²) in [5.41, 5.74) is -0.694. The maximum Gasteiger partial charge on any atom is 0.456 e. The molecule has 1 aliphatic heterocycles. The summed E-state index contributed by atoms with van der Waals surface area (Å²) in [5.74, 6) is -1.98. The third kappa shape index (κ3) is 3.54. The number of Topliss-reactive ketones (excluding diaryl/α,β-unsaturated/α-hetero) is 1. The van der Waals surface area contributed by atoms with E-state index in [0.717, 1.165) is 19.3 Å². The molecule has 2 heterocycles. The van der Waals surface area contributed by atoms with Crippen molar-refractivity contribution in [2.24, 2.45) is 0 Å². The molecule has 0 aliphatic carbocycles. The topological polar surface area (TPSA) is 60.2 Å². The SMILES string of the molecule is CCN1CCOC(Cn2cc(C(=O)C(F)(F)F)nn2)C1. The molecule has 9 heteroatoms. The number of hydrogen-bond donors (Lipinski definition) is 0. The van der Waals surface area contributed by atoms with E-state index < -0.39 is 17.7 Å². The summed E-state index contributed by atoms with van der Waals surface area (Å²) >= 11 is 0. The van der Waals surface area contributed by atoms with Crippen LogP contribution in [0.1, 0.15) is 17.4 Å². The molecule has 0 aromatic carbocycles. The van der Waals surface area contributed by atoms with Crippen LogP contribution in [0.4, 0.5) is 13.2 Å². The summed E-state index contributed by atoms with van der Waals surface area (Å²) in [4.78, 5) is 13.2. The fourth-order valence-electron chi connectivity index (χ4n) is 2.02. The zero-order chi connectivity index (χ0) is 14.8. The third-order valence-electron chi connectivity index (χ3n) is 3.09. The maximum absolute atomic E-state index is 12.2. The molecule has 1 fully saturated rings. The molecule has 20 heavy (non-hydrogen) atoms. The van der Waals surface area contributed by atoms with E-state index >= 15 is 0 Å². The lowest BCUT2D eigenvalue weighted by atomic mass is 10.2. The molecule has 0 amide bonds. The molecule has 0 spiro atoms. The van der Waals surface area contributed by atoms with Gasteiger partial charge in [0.1, 0.15) is 0 Å². The van der Waals surface area contributed by atoms with Crippen LogP contribution in [0, 0.1) is 0 Å². The Kier molecular flexibility index (Phi) is 4.39. The van der Waals surface area contributed by atoms with Crippen LogP contribution in [0.3, 0.4) is 0 Å². The van der Waals surface area contributed by atoms with E-state index in [1.807, 2.05) is 6.92 Å². The second-order valence-corrected chi connectivity index (χ2v) is 4.54. The van der Waals surface area contributed by atoms with Crippen molar-refractivity contribution in [3.8, 4) is 0 Å². The summed E-state index contributed by atoms with van der Waals surface area (Å²) in [6, 6.07) is 0. The van der Waals surface area contributed by atoms with Gasteiger partial charge in [-0.3, -0.25) is 9.69 Å². The van der Waals surface area contributed by atoms with Crippen LogP contribution < -0.4 is 0 Å². The first-order valence-corrected chi connectivity index (χ1v) is 6.25. The van der Waals surface area contributed by atoms with Gasteiger partial charge >= 0.3 is 6.18 Å². The lowest BCUT2D eigenvalue weighted by Crippen LogP contribution is -2.44. The van der Waals surface area contributed by atoms with Crippen molar-refractivity contribution < 1.29 is 22.7 Å². The van der Waals surface area contributed by atoms with Gasteiger partial charge in [0.05, 0.1) is 25.5 Å². The number of carbonyl (C=O) groups is 1. The van der Waals surface area contributed by atoms with E-state index in [4.69, 9.17) is 4.74 Å². The van der Waals surface area contributed by atoms with Crippen LogP contribution in [0.25, 0.3) is 0 Å². The number of hydrogen-bond acceptors (Lipinski definition) is 5. The Morgan fingerprint density at radius 2 is 2.30 bits per heavy atom. The van der Waals surface area contributed by atoms with Crippen LogP contribution in [0.2, 0.25) is 0 Å². The van der Waals surface area contributed by atoms with E-state index in [0.29, 0.717) is 13.2 Å². The molecular formula is C11H15F3N4O2. The van der Waals surface area contributed by atoms with Crippen molar-refractivity contribution in [2.45, 2.75) is 25.7 Å². The highest BCUT2D eigenvalue weighted by Crippen LogP contribution is 2.20.